The van der Waals surface area contributed by atoms with Crippen molar-refractivity contribution in [3.8, 4) is 5.75 Å². The van der Waals surface area contributed by atoms with Crippen molar-refractivity contribution >= 4 is 26.8 Å². The molecule has 2 heterocycles. The number of aromatic nitrogens is 2. The summed E-state index contributed by atoms with van der Waals surface area (Å²) in [7, 11) is 1.57. The molecule has 1 saturated heterocycles. The molecular weight excluding hydrogens is 351 g/mol. The minimum atomic E-state index is -4.15. The number of fused-ring (bicyclic) bond motifs is 1. The van der Waals surface area contributed by atoms with Crippen LogP contribution in [-0.2, 0) is 0 Å². The minimum Gasteiger partial charge on any atom is -0.495 e. The van der Waals surface area contributed by atoms with E-state index < -0.39 is 12.7 Å². The molecule has 0 spiro atoms. The second-order valence-electron chi connectivity index (χ2n) is 5.10. The lowest BCUT2D eigenvalue weighted by Gasteiger charge is -2.39. The molecule has 0 atom stereocenters. The minimum absolute atomic E-state index is 0.0317. The van der Waals surface area contributed by atoms with E-state index in [9.17, 15) is 13.2 Å². The van der Waals surface area contributed by atoms with Crippen molar-refractivity contribution in [3.05, 3.63) is 22.8 Å². The number of nitrogens with zero attached hydrogens (tertiary/aromatic N) is 3. The predicted octanol–water partition coefficient (Wildman–Crippen LogP) is 3.23. The average molecular weight is 364 g/mol. The van der Waals surface area contributed by atoms with E-state index in [4.69, 9.17) is 4.74 Å². The number of methoxy groups -OCH3 is 1. The summed E-state index contributed by atoms with van der Waals surface area (Å²) in [6.07, 6.45) is -2.43. The monoisotopic (exact) mass is 363 g/mol. The summed E-state index contributed by atoms with van der Waals surface area (Å²) >= 11 is 3.40. The van der Waals surface area contributed by atoms with Crippen LogP contribution in [0, 0.1) is 0 Å². The molecule has 0 unspecified atom stereocenters. The standard InChI is InChI=1S/C13H13BrF3N3O/c1-21-12-3-11-8(2-10(12)14)4-18-20(11)9-5-19(6-9)7-13(15,16)17/h2-4,9H,5-7H2,1H3. The summed E-state index contributed by atoms with van der Waals surface area (Å²) in [6.45, 7) is -0.152. The van der Waals surface area contributed by atoms with Crippen LogP contribution in [0.25, 0.3) is 10.9 Å². The lowest BCUT2D eigenvalue weighted by atomic mass is 10.1. The quantitative estimate of drug-likeness (QED) is 0.838. The summed E-state index contributed by atoms with van der Waals surface area (Å²) in [6, 6.07) is 3.71. The molecule has 1 aliphatic heterocycles. The lowest BCUT2D eigenvalue weighted by Crippen LogP contribution is -2.51. The van der Waals surface area contributed by atoms with Crippen LogP contribution < -0.4 is 4.74 Å². The second-order valence-corrected chi connectivity index (χ2v) is 5.95. The van der Waals surface area contributed by atoms with E-state index in [2.05, 4.69) is 21.0 Å². The maximum Gasteiger partial charge on any atom is 0.401 e. The Bertz CT molecular complexity index is 664. The van der Waals surface area contributed by atoms with Crippen molar-refractivity contribution < 1.29 is 17.9 Å². The highest BCUT2D eigenvalue weighted by atomic mass is 79.9. The molecule has 21 heavy (non-hydrogen) atoms. The number of benzene rings is 1. The Hall–Kier alpha value is -1.28. The number of halogens is 4. The van der Waals surface area contributed by atoms with Crippen LogP contribution in [0.5, 0.6) is 5.75 Å². The molecular formula is C13H13BrF3N3O. The van der Waals surface area contributed by atoms with E-state index in [1.807, 2.05) is 12.1 Å². The fraction of sp³-hybridized carbons (Fsp3) is 0.462. The van der Waals surface area contributed by atoms with Gasteiger partial charge >= 0.3 is 6.18 Å². The maximum absolute atomic E-state index is 12.3. The summed E-state index contributed by atoms with van der Waals surface area (Å²) in [4.78, 5) is 1.37. The number of hydrogen-bond acceptors (Lipinski definition) is 3. The van der Waals surface area contributed by atoms with Crippen LogP contribution in [0.15, 0.2) is 22.8 Å². The molecule has 0 radical (unpaired) electrons. The molecule has 114 valence electrons. The molecule has 8 heteroatoms. The summed E-state index contributed by atoms with van der Waals surface area (Å²) < 4.78 is 44.8. The molecule has 1 aliphatic rings. The number of rotatable bonds is 3. The van der Waals surface area contributed by atoms with Gasteiger partial charge in [-0.05, 0) is 22.0 Å². The molecule has 0 bridgehead atoms. The number of ether oxygens (including phenoxy) is 1. The predicted molar refractivity (Wildman–Crippen MR) is 75.5 cm³/mol. The Morgan fingerprint density at radius 2 is 2.10 bits per heavy atom. The van der Waals surface area contributed by atoms with Gasteiger partial charge in [0.15, 0.2) is 0 Å². The van der Waals surface area contributed by atoms with Gasteiger partial charge in [-0.25, -0.2) is 0 Å². The lowest BCUT2D eigenvalue weighted by molar-refractivity contribution is -0.157. The van der Waals surface area contributed by atoms with Crippen LogP contribution >= 0.6 is 15.9 Å². The first kappa shape index (κ1) is 14.6. The van der Waals surface area contributed by atoms with Gasteiger partial charge in [-0.1, -0.05) is 0 Å². The van der Waals surface area contributed by atoms with Gasteiger partial charge in [-0.2, -0.15) is 18.3 Å². The van der Waals surface area contributed by atoms with Crippen molar-refractivity contribution in [2.45, 2.75) is 12.2 Å². The van der Waals surface area contributed by atoms with Gasteiger partial charge in [-0.15, -0.1) is 0 Å². The van der Waals surface area contributed by atoms with Crippen LogP contribution in [0.4, 0.5) is 13.2 Å². The highest BCUT2D eigenvalue weighted by Crippen LogP contribution is 2.33. The van der Waals surface area contributed by atoms with E-state index >= 15 is 0 Å². The highest BCUT2D eigenvalue weighted by Gasteiger charge is 2.38. The molecule has 0 aliphatic carbocycles. The normalized spacial score (nSPS) is 17.2. The Morgan fingerprint density at radius 3 is 2.71 bits per heavy atom. The zero-order chi connectivity index (χ0) is 15.2. The van der Waals surface area contributed by atoms with Crippen molar-refractivity contribution in [2.75, 3.05) is 26.7 Å². The van der Waals surface area contributed by atoms with Gasteiger partial charge in [0.25, 0.3) is 0 Å². The van der Waals surface area contributed by atoms with E-state index in [1.165, 1.54) is 4.90 Å². The van der Waals surface area contributed by atoms with Crippen LogP contribution in [-0.4, -0.2) is 47.6 Å². The van der Waals surface area contributed by atoms with Crippen LogP contribution in [0.1, 0.15) is 6.04 Å². The van der Waals surface area contributed by atoms with Crippen molar-refractivity contribution in [1.82, 2.24) is 14.7 Å². The number of alkyl halides is 3. The molecule has 0 N–H and O–H groups in total. The first-order chi connectivity index (χ1) is 9.87. The second kappa shape index (κ2) is 5.17. The molecule has 3 rings (SSSR count). The molecule has 1 aromatic heterocycles. The summed E-state index contributed by atoms with van der Waals surface area (Å²) in [5, 5.41) is 5.22. The van der Waals surface area contributed by atoms with Crippen molar-refractivity contribution in [1.29, 1.82) is 0 Å². The highest BCUT2D eigenvalue weighted by molar-refractivity contribution is 9.10. The molecule has 1 aromatic carbocycles. The van der Waals surface area contributed by atoms with Crippen LogP contribution in [0.3, 0.4) is 0 Å². The van der Waals surface area contributed by atoms with Gasteiger partial charge in [0, 0.05) is 24.5 Å². The smallest absolute Gasteiger partial charge is 0.401 e. The Labute approximate surface area is 127 Å². The van der Waals surface area contributed by atoms with Crippen molar-refractivity contribution in [2.24, 2.45) is 0 Å². The first-order valence-corrected chi connectivity index (χ1v) is 7.16. The Balaban J connectivity index is 1.80. The van der Waals surface area contributed by atoms with Gasteiger partial charge < -0.3 is 4.74 Å². The molecule has 0 amide bonds. The zero-order valence-corrected chi connectivity index (χ0v) is 12.8. The molecule has 0 saturated carbocycles. The summed E-state index contributed by atoms with van der Waals surface area (Å²) in [5.74, 6) is 0.677. The third-order valence-corrected chi connectivity index (χ3v) is 4.18. The largest absolute Gasteiger partial charge is 0.495 e. The Kier molecular flexibility index (Phi) is 3.61. The van der Waals surface area contributed by atoms with E-state index in [1.54, 1.807) is 18.0 Å². The van der Waals surface area contributed by atoms with Crippen LogP contribution in [0.2, 0.25) is 0 Å². The van der Waals surface area contributed by atoms with Gasteiger partial charge in [0.05, 0.1) is 35.9 Å². The Morgan fingerprint density at radius 1 is 1.38 bits per heavy atom. The fourth-order valence-electron chi connectivity index (χ4n) is 2.57. The molecule has 1 fully saturated rings. The molecule has 2 aromatic rings. The first-order valence-electron chi connectivity index (χ1n) is 6.37. The van der Waals surface area contributed by atoms with Gasteiger partial charge in [0.1, 0.15) is 5.75 Å². The maximum atomic E-state index is 12.3. The summed E-state index contributed by atoms with van der Waals surface area (Å²) in [5.41, 5.74) is 0.867. The van der Waals surface area contributed by atoms with Crippen molar-refractivity contribution in [3.63, 3.8) is 0 Å². The van der Waals surface area contributed by atoms with E-state index in [-0.39, 0.29) is 6.04 Å². The number of hydrogen-bond donors (Lipinski definition) is 0. The topological polar surface area (TPSA) is 30.3 Å². The van der Waals surface area contributed by atoms with E-state index in [0.29, 0.717) is 18.8 Å². The zero-order valence-electron chi connectivity index (χ0n) is 11.2. The average Bonchev–Trinajstić information content (AvgIpc) is 2.73. The molecule has 4 nitrogen and oxygen atoms in total. The van der Waals surface area contributed by atoms with Gasteiger partial charge in [0.2, 0.25) is 0 Å². The SMILES string of the molecule is COc1cc2c(cnn2C2CN(CC(F)(F)F)C2)cc1Br. The third kappa shape index (κ3) is 2.87. The van der Waals surface area contributed by atoms with Gasteiger partial charge in [-0.3, -0.25) is 9.58 Å². The number of likely N-dealkylation sites (tertiary alicyclic amines) is 1. The van der Waals surface area contributed by atoms with E-state index in [0.717, 1.165) is 15.4 Å². The fourth-order valence-corrected chi connectivity index (χ4v) is 3.10. The third-order valence-electron chi connectivity index (χ3n) is 3.56.